The number of aromatic nitrogens is 2. The van der Waals surface area contributed by atoms with Crippen LogP contribution in [-0.4, -0.2) is 29.9 Å². The normalized spacial score (nSPS) is 20.1. The summed E-state index contributed by atoms with van der Waals surface area (Å²) in [5.41, 5.74) is 1.55. The number of H-pyrrole nitrogens is 1. The Morgan fingerprint density at radius 3 is 2.95 bits per heavy atom. The van der Waals surface area contributed by atoms with E-state index >= 15 is 0 Å². The van der Waals surface area contributed by atoms with E-state index in [0.717, 1.165) is 42.9 Å². The molecule has 2 aliphatic rings. The highest BCUT2D eigenvalue weighted by molar-refractivity contribution is 5.61. The Balaban J connectivity index is 1.72. The predicted molar refractivity (Wildman–Crippen MR) is 81.3 cm³/mol. The number of benzene rings is 1. The van der Waals surface area contributed by atoms with Crippen LogP contribution in [0.1, 0.15) is 24.5 Å². The van der Waals surface area contributed by atoms with E-state index in [1.54, 1.807) is 6.07 Å². The van der Waals surface area contributed by atoms with Gasteiger partial charge in [-0.05, 0) is 37.6 Å². The van der Waals surface area contributed by atoms with Crippen LogP contribution < -0.4 is 20.3 Å². The Bertz CT molecular complexity index is 751. The first-order valence-electron chi connectivity index (χ1n) is 7.51. The van der Waals surface area contributed by atoms with Gasteiger partial charge in [-0.1, -0.05) is 0 Å². The van der Waals surface area contributed by atoms with Gasteiger partial charge in [0.1, 0.15) is 5.82 Å². The van der Waals surface area contributed by atoms with Gasteiger partial charge in [-0.3, -0.25) is 4.79 Å². The molecule has 2 aromatic rings. The highest BCUT2D eigenvalue weighted by Crippen LogP contribution is 2.35. The van der Waals surface area contributed by atoms with Gasteiger partial charge in [0.25, 0.3) is 5.56 Å². The van der Waals surface area contributed by atoms with Gasteiger partial charge in [-0.25, -0.2) is 4.98 Å². The maximum Gasteiger partial charge on any atom is 0.251 e. The fraction of sp³-hybridized carbons (Fsp3) is 0.375. The van der Waals surface area contributed by atoms with Crippen LogP contribution >= 0.6 is 0 Å². The molecule has 0 bridgehead atoms. The molecule has 0 amide bonds. The van der Waals surface area contributed by atoms with E-state index < -0.39 is 0 Å². The molecule has 0 radical (unpaired) electrons. The molecule has 4 rings (SSSR count). The summed E-state index contributed by atoms with van der Waals surface area (Å²) in [6.07, 6.45) is 2.17. The quantitative estimate of drug-likeness (QED) is 0.881. The number of piperidine rings is 1. The third-order valence-electron chi connectivity index (χ3n) is 4.12. The Kier molecular flexibility index (Phi) is 3.31. The molecule has 1 atom stereocenters. The number of aromatic amines is 1. The Morgan fingerprint density at radius 2 is 2.09 bits per heavy atom. The second kappa shape index (κ2) is 5.46. The highest BCUT2D eigenvalue weighted by atomic mass is 16.7. The monoisotopic (exact) mass is 299 g/mol. The summed E-state index contributed by atoms with van der Waals surface area (Å²) in [4.78, 5) is 19.5. The number of hydrogen-bond acceptors (Lipinski definition) is 5. The summed E-state index contributed by atoms with van der Waals surface area (Å²) in [7, 11) is 0. The van der Waals surface area contributed by atoms with Gasteiger partial charge in [0.2, 0.25) is 6.79 Å². The molecule has 1 aromatic heterocycles. The van der Waals surface area contributed by atoms with E-state index in [-0.39, 0.29) is 12.4 Å². The topological polar surface area (TPSA) is 76.2 Å². The van der Waals surface area contributed by atoms with Crippen molar-refractivity contribution in [2.75, 3.05) is 19.9 Å². The van der Waals surface area contributed by atoms with Crippen LogP contribution in [0.4, 0.5) is 0 Å². The first-order valence-corrected chi connectivity index (χ1v) is 7.51. The largest absolute Gasteiger partial charge is 0.454 e. The van der Waals surface area contributed by atoms with Crippen LogP contribution in [0.15, 0.2) is 29.1 Å². The number of hydrogen-bond donors (Lipinski definition) is 2. The molecule has 1 aromatic carbocycles. The van der Waals surface area contributed by atoms with Gasteiger partial charge < -0.3 is 19.8 Å². The fourth-order valence-electron chi connectivity index (χ4n) is 2.97. The first kappa shape index (κ1) is 13.3. The maximum atomic E-state index is 12.0. The number of ether oxygens (including phenoxy) is 2. The van der Waals surface area contributed by atoms with Crippen LogP contribution in [0.2, 0.25) is 0 Å². The van der Waals surface area contributed by atoms with E-state index in [1.165, 1.54) is 0 Å². The third-order valence-corrected chi connectivity index (χ3v) is 4.12. The molecular weight excluding hydrogens is 282 g/mol. The van der Waals surface area contributed by atoms with Crippen LogP contribution in [0, 0.1) is 0 Å². The van der Waals surface area contributed by atoms with E-state index in [0.29, 0.717) is 17.5 Å². The summed E-state index contributed by atoms with van der Waals surface area (Å²) < 4.78 is 10.7. The summed E-state index contributed by atoms with van der Waals surface area (Å²) in [5.74, 6) is 2.28. The smallest absolute Gasteiger partial charge is 0.251 e. The standard InChI is InChI=1S/C16H17N3O3/c20-15-7-12(11-2-1-5-17-8-11)18-16(19-15)10-3-4-13-14(6-10)22-9-21-13/h3-4,6-7,11,17H,1-2,5,8-9H2,(H,18,19,20). The van der Waals surface area contributed by atoms with Crippen LogP contribution in [0.25, 0.3) is 11.4 Å². The summed E-state index contributed by atoms with van der Waals surface area (Å²) in [5, 5.41) is 3.36. The molecular formula is C16H17N3O3. The van der Waals surface area contributed by atoms with Crippen molar-refractivity contribution in [1.82, 2.24) is 15.3 Å². The lowest BCUT2D eigenvalue weighted by Gasteiger charge is -2.22. The van der Waals surface area contributed by atoms with Gasteiger partial charge in [0.05, 0.1) is 5.69 Å². The molecule has 22 heavy (non-hydrogen) atoms. The molecule has 2 N–H and O–H groups in total. The number of nitrogens with one attached hydrogen (secondary N) is 2. The van der Waals surface area contributed by atoms with Crippen LogP contribution in [0.3, 0.4) is 0 Å². The molecule has 2 aliphatic heterocycles. The SMILES string of the molecule is O=c1cc(C2CCCNC2)nc(-c2ccc3c(c2)OCO3)[nH]1. The molecule has 1 fully saturated rings. The average Bonchev–Trinajstić information content (AvgIpc) is 3.02. The minimum atomic E-state index is -0.122. The molecule has 3 heterocycles. The van der Waals surface area contributed by atoms with Crippen molar-refractivity contribution in [2.45, 2.75) is 18.8 Å². The summed E-state index contributed by atoms with van der Waals surface area (Å²) in [6.45, 7) is 2.14. The molecule has 6 heteroatoms. The maximum absolute atomic E-state index is 12.0. The van der Waals surface area contributed by atoms with E-state index in [9.17, 15) is 4.79 Å². The van der Waals surface area contributed by atoms with Crippen molar-refractivity contribution in [1.29, 1.82) is 0 Å². The number of rotatable bonds is 2. The Labute approximate surface area is 127 Å². The zero-order valence-corrected chi connectivity index (χ0v) is 12.1. The first-order chi connectivity index (χ1) is 10.8. The molecule has 0 saturated carbocycles. The number of nitrogens with zero attached hydrogens (tertiary/aromatic N) is 1. The lowest BCUT2D eigenvalue weighted by molar-refractivity contribution is 0.174. The average molecular weight is 299 g/mol. The van der Waals surface area contributed by atoms with Gasteiger partial charge in [0.15, 0.2) is 11.5 Å². The van der Waals surface area contributed by atoms with Gasteiger partial charge in [0, 0.05) is 24.1 Å². The predicted octanol–water partition coefficient (Wildman–Crippen LogP) is 1.63. The van der Waals surface area contributed by atoms with Crippen molar-refractivity contribution < 1.29 is 9.47 Å². The van der Waals surface area contributed by atoms with Crippen molar-refractivity contribution in [3.8, 4) is 22.9 Å². The zero-order valence-electron chi connectivity index (χ0n) is 12.1. The van der Waals surface area contributed by atoms with Gasteiger partial charge >= 0.3 is 0 Å². The molecule has 1 unspecified atom stereocenters. The Morgan fingerprint density at radius 1 is 1.18 bits per heavy atom. The van der Waals surface area contributed by atoms with Crippen molar-refractivity contribution in [3.05, 3.63) is 40.3 Å². The fourth-order valence-corrected chi connectivity index (χ4v) is 2.97. The lowest BCUT2D eigenvalue weighted by atomic mass is 9.96. The minimum Gasteiger partial charge on any atom is -0.454 e. The molecule has 0 aliphatic carbocycles. The molecule has 1 saturated heterocycles. The number of fused-ring (bicyclic) bond motifs is 1. The third kappa shape index (κ3) is 2.46. The van der Waals surface area contributed by atoms with E-state index in [4.69, 9.17) is 9.47 Å². The van der Waals surface area contributed by atoms with Crippen molar-refractivity contribution >= 4 is 0 Å². The van der Waals surface area contributed by atoms with Crippen LogP contribution in [0.5, 0.6) is 11.5 Å². The second-order valence-corrected chi connectivity index (χ2v) is 5.63. The second-order valence-electron chi connectivity index (χ2n) is 5.63. The Hall–Kier alpha value is -2.34. The zero-order chi connectivity index (χ0) is 14.9. The summed E-state index contributed by atoms with van der Waals surface area (Å²) >= 11 is 0. The van der Waals surface area contributed by atoms with Gasteiger partial charge in [-0.15, -0.1) is 0 Å². The van der Waals surface area contributed by atoms with Crippen LogP contribution in [-0.2, 0) is 0 Å². The molecule has 0 spiro atoms. The van der Waals surface area contributed by atoms with E-state index in [1.807, 2.05) is 18.2 Å². The molecule has 114 valence electrons. The lowest BCUT2D eigenvalue weighted by Crippen LogP contribution is -2.29. The highest BCUT2D eigenvalue weighted by Gasteiger charge is 2.19. The van der Waals surface area contributed by atoms with Crippen molar-refractivity contribution in [3.63, 3.8) is 0 Å². The summed E-state index contributed by atoms with van der Waals surface area (Å²) in [6, 6.07) is 7.18. The van der Waals surface area contributed by atoms with E-state index in [2.05, 4.69) is 15.3 Å². The minimum absolute atomic E-state index is 0.122. The van der Waals surface area contributed by atoms with Crippen molar-refractivity contribution in [2.24, 2.45) is 0 Å². The van der Waals surface area contributed by atoms with Gasteiger partial charge in [-0.2, -0.15) is 0 Å². The molecule has 6 nitrogen and oxygen atoms in total.